The van der Waals surface area contributed by atoms with E-state index in [1.165, 1.54) is 0 Å². The van der Waals surface area contributed by atoms with E-state index in [9.17, 15) is 9.59 Å². The largest absolute Gasteiger partial charge is 0.378 e. The maximum atomic E-state index is 12.8. The molecule has 0 saturated carbocycles. The van der Waals surface area contributed by atoms with Crippen LogP contribution in [-0.2, 0) is 16.1 Å². The number of hydrogen-bond donors (Lipinski definition) is 0. The second-order valence-corrected chi connectivity index (χ2v) is 8.63. The molecule has 2 aromatic heterocycles. The SMILES string of the molecule is Cc1nc([C@H]2CCN(C(=O)CCn3cnc4ccccc43)C2)ncc1C(=O)N1CCOCC1. The van der Waals surface area contributed by atoms with Gasteiger partial charge in [0.05, 0.1) is 41.8 Å². The highest BCUT2D eigenvalue weighted by molar-refractivity contribution is 5.95. The summed E-state index contributed by atoms with van der Waals surface area (Å²) in [4.78, 5) is 42.8. The number of hydrogen-bond acceptors (Lipinski definition) is 6. The minimum absolute atomic E-state index is 0.0439. The molecule has 0 spiro atoms. The first kappa shape index (κ1) is 21.5. The van der Waals surface area contributed by atoms with E-state index in [0.717, 1.165) is 17.5 Å². The molecule has 33 heavy (non-hydrogen) atoms. The lowest BCUT2D eigenvalue weighted by Gasteiger charge is -2.27. The summed E-state index contributed by atoms with van der Waals surface area (Å²) < 4.78 is 7.35. The van der Waals surface area contributed by atoms with Crippen molar-refractivity contribution < 1.29 is 14.3 Å². The molecule has 2 amide bonds. The van der Waals surface area contributed by atoms with Crippen molar-refractivity contribution in [3.05, 3.63) is 53.9 Å². The Balaban J connectivity index is 1.19. The third kappa shape index (κ3) is 4.45. The number of aryl methyl sites for hydroxylation is 2. The molecule has 0 N–H and O–H groups in total. The summed E-state index contributed by atoms with van der Waals surface area (Å²) in [7, 11) is 0. The molecule has 0 radical (unpaired) electrons. The number of morpholine rings is 1. The van der Waals surface area contributed by atoms with Crippen molar-refractivity contribution in [1.29, 1.82) is 0 Å². The lowest BCUT2D eigenvalue weighted by molar-refractivity contribution is -0.130. The van der Waals surface area contributed by atoms with Crippen LogP contribution in [0.3, 0.4) is 0 Å². The van der Waals surface area contributed by atoms with E-state index in [1.807, 2.05) is 40.7 Å². The molecule has 2 fully saturated rings. The van der Waals surface area contributed by atoms with Gasteiger partial charge in [0, 0.05) is 51.3 Å². The molecule has 0 unspecified atom stereocenters. The van der Waals surface area contributed by atoms with Gasteiger partial charge in [-0.15, -0.1) is 0 Å². The maximum absolute atomic E-state index is 12.8. The fourth-order valence-electron chi connectivity index (χ4n) is 4.59. The highest BCUT2D eigenvalue weighted by atomic mass is 16.5. The number of carbonyl (C=O) groups excluding carboxylic acids is 2. The molecule has 2 saturated heterocycles. The fraction of sp³-hybridized carbons (Fsp3) is 0.458. The van der Waals surface area contributed by atoms with Gasteiger partial charge in [0.1, 0.15) is 5.82 Å². The number of carbonyl (C=O) groups is 2. The van der Waals surface area contributed by atoms with E-state index < -0.39 is 0 Å². The smallest absolute Gasteiger partial charge is 0.257 e. The molecular formula is C24H28N6O3. The molecule has 5 rings (SSSR count). The molecule has 9 heteroatoms. The van der Waals surface area contributed by atoms with Crippen LogP contribution in [0.5, 0.6) is 0 Å². The van der Waals surface area contributed by atoms with E-state index in [0.29, 0.717) is 69.4 Å². The van der Waals surface area contributed by atoms with E-state index in [2.05, 4.69) is 15.0 Å². The van der Waals surface area contributed by atoms with Crippen LogP contribution >= 0.6 is 0 Å². The molecule has 3 aromatic rings. The van der Waals surface area contributed by atoms with Gasteiger partial charge in [-0.3, -0.25) is 9.59 Å². The van der Waals surface area contributed by atoms with Crippen molar-refractivity contribution in [2.45, 2.75) is 32.2 Å². The average Bonchev–Trinajstić information content (AvgIpc) is 3.50. The molecule has 0 aliphatic carbocycles. The Morgan fingerprint density at radius 1 is 1.09 bits per heavy atom. The number of likely N-dealkylation sites (tertiary alicyclic amines) is 1. The van der Waals surface area contributed by atoms with Crippen LogP contribution in [0.2, 0.25) is 0 Å². The highest BCUT2D eigenvalue weighted by Gasteiger charge is 2.30. The van der Waals surface area contributed by atoms with Crippen molar-refractivity contribution in [2.24, 2.45) is 0 Å². The normalized spacial score (nSPS) is 18.8. The Kier molecular flexibility index (Phi) is 6.04. The van der Waals surface area contributed by atoms with Gasteiger partial charge < -0.3 is 19.1 Å². The Morgan fingerprint density at radius 3 is 2.73 bits per heavy atom. The molecule has 1 atom stereocenters. The number of imidazole rings is 1. The molecule has 2 aliphatic heterocycles. The Morgan fingerprint density at radius 2 is 1.91 bits per heavy atom. The van der Waals surface area contributed by atoms with Crippen LogP contribution in [0.1, 0.15) is 40.6 Å². The van der Waals surface area contributed by atoms with E-state index in [4.69, 9.17) is 4.74 Å². The summed E-state index contributed by atoms with van der Waals surface area (Å²) in [6, 6.07) is 7.94. The second-order valence-electron chi connectivity index (χ2n) is 8.63. The van der Waals surface area contributed by atoms with Gasteiger partial charge in [0.15, 0.2) is 0 Å². The van der Waals surface area contributed by atoms with Gasteiger partial charge in [-0.2, -0.15) is 0 Å². The van der Waals surface area contributed by atoms with E-state index in [-0.39, 0.29) is 17.7 Å². The highest BCUT2D eigenvalue weighted by Crippen LogP contribution is 2.26. The van der Waals surface area contributed by atoms with Crippen LogP contribution in [-0.4, -0.2) is 80.5 Å². The molecular weight excluding hydrogens is 420 g/mol. The maximum Gasteiger partial charge on any atom is 0.257 e. The summed E-state index contributed by atoms with van der Waals surface area (Å²) >= 11 is 0. The minimum Gasteiger partial charge on any atom is -0.378 e. The second kappa shape index (κ2) is 9.27. The van der Waals surface area contributed by atoms with Gasteiger partial charge in [0.2, 0.25) is 5.91 Å². The summed E-state index contributed by atoms with van der Waals surface area (Å²) in [6.07, 6.45) is 4.70. The Bertz CT molecular complexity index is 1170. The van der Waals surface area contributed by atoms with Gasteiger partial charge in [-0.25, -0.2) is 15.0 Å². The summed E-state index contributed by atoms with van der Waals surface area (Å²) in [6.45, 7) is 6.08. The molecule has 1 aromatic carbocycles. The number of benzene rings is 1. The van der Waals surface area contributed by atoms with Gasteiger partial charge in [-0.1, -0.05) is 12.1 Å². The van der Waals surface area contributed by atoms with Gasteiger partial charge in [0.25, 0.3) is 5.91 Å². The van der Waals surface area contributed by atoms with Gasteiger partial charge in [-0.05, 0) is 25.5 Å². The minimum atomic E-state index is -0.0439. The topological polar surface area (TPSA) is 93.5 Å². The van der Waals surface area contributed by atoms with Crippen molar-refractivity contribution in [3.63, 3.8) is 0 Å². The fourth-order valence-corrected chi connectivity index (χ4v) is 4.59. The quantitative estimate of drug-likeness (QED) is 0.593. The van der Waals surface area contributed by atoms with Crippen LogP contribution in [0.4, 0.5) is 0 Å². The number of rotatable bonds is 5. The summed E-state index contributed by atoms with van der Waals surface area (Å²) in [5, 5.41) is 0. The predicted molar refractivity (Wildman–Crippen MR) is 122 cm³/mol. The number of nitrogens with zero attached hydrogens (tertiary/aromatic N) is 6. The zero-order chi connectivity index (χ0) is 22.8. The number of aromatic nitrogens is 4. The first-order valence-corrected chi connectivity index (χ1v) is 11.5. The van der Waals surface area contributed by atoms with Crippen molar-refractivity contribution >= 4 is 22.8 Å². The first-order valence-electron chi connectivity index (χ1n) is 11.5. The number of para-hydroxylation sites is 2. The van der Waals surface area contributed by atoms with Gasteiger partial charge >= 0.3 is 0 Å². The lowest BCUT2D eigenvalue weighted by atomic mass is 10.1. The summed E-state index contributed by atoms with van der Waals surface area (Å²) in [5.41, 5.74) is 3.21. The standard InChI is InChI=1S/C24H28N6O3/c1-17-19(24(32)28-10-12-33-13-11-28)14-25-23(27-17)18-6-8-29(15-18)22(31)7-9-30-16-26-20-4-2-3-5-21(20)30/h2-5,14,16,18H,6-13,15H2,1H3/t18-/m0/s1. The van der Waals surface area contributed by atoms with Crippen LogP contribution in [0, 0.1) is 6.92 Å². The number of fused-ring (bicyclic) bond motifs is 1. The molecule has 172 valence electrons. The Hall–Kier alpha value is -3.33. The average molecular weight is 449 g/mol. The van der Waals surface area contributed by atoms with Crippen LogP contribution < -0.4 is 0 Å². The monoisotopic (exact) mass is 448 g/mol. The number of ether oxygens (including phenoxy) is 1. The summed E-state index contributed by atoms with van der Waals surface area (Å²) in [5.74, 6) is 0.889. The predicted octanol–water partition coefficient (Wildman–Crippen LogP) is 2.01. The van der Waals surface area contributed by atoms with Crippen molar-refractivity contribution in [2.75, 3.05) is 39.4 Å². The lowest BCUT2D eigenvalue weighted by Crippen LogP contribution is -2.41. The third-order valence-electron chi connectivity index (χ3n) is 6.53. The molecule has 4 heterocycles. The molecule has 2 aliphatic rings. The van der Waals surface area contributed by atoms with Crippen molar-refractivity contribution in [1.82, 2.24) is 29.3 Å². The molecule has 9 nitrogen and oxygen atoms in total. The Labute approximate surface area is 192 Å². The molecule has 0 bridgehead atoms. The first-order chi connectivity index (χ1) is 16.1. The zero-order valence-corrected chi connectivity index (χ0v) is 18.8. The van der Waals surface area contributed by atoms with Crippen molar-refractivity contribution in [3.8, 4) is 0 Å². The van der Waals surface area contributed by atoms with E-state index >= 15 is 0 Å². The van der Waals surface area contributed by atoms with E-state index in [1.54, 1.807) is 17.4 Å². The zero-order valence-electron chi connectivity index (χ0n) is 18.8. The van der Waals surface area contributed by atoms with Crippen LogP contribution in [0.25, 0.3) is 11.0 Å². The van der Waals surface area contributed by atoms with Crippen LogP contribution in [0.15, 0.2) is 36.8 Å². The number of amides is 2. The third-order valence-corrected chi connectivity index (χ3v) is 6.53.